The van der Waals surface area contributed by atoms with Gasteiger partial charge in [-0.25, -0.2) is 0 Å². The van der Waals surface area contributed by atoms with Crippen LogP contribution in [0.5, 0.6) is 0 Å². The second kappa shape index (κ2) is 7.01. The molecule has 0 saturated carbocycles. The Balaban J connectivity index is 2.32. The standard InChI is InChI=1S/C10H18BrN3O2/c1-14-10(8(11)7-13-14)9(12)3-4-16-6-5-15-2/h7,9H,3-6,12H2,1-2H3. The van der Waals surface area contributed by atoms with Crippen LogP contribution in [0.1, 0.15) is 18.2 Å². The molecule has 0 fully saturated rings. The van der Waals surface area contributed by atoms with Gasteiger partial charge in [0.15, 0.2) is 0 Å². The minimum absolute atomic E-state index is 0.0654. The summed E-state index contributed by atoms with van der Waals surface area (Å²) in [6, 6.07) is -0.0654. The lowest BCUT2D eigenvalue weighted by atomic mass is 10.1. The van der Waals surface area contributed by atoms with Crippen molar-refractivity contribution in [2.75, 3.05) is 26.9 Å². The third-order valence-electron chi connectivity index (χ3n) is 2.29. The summed E-state index contributed by atoms with van der Waals surface area (Å²) in [5, 5.41) is 4.12. The van der Waals surface area contributed by atoms with Gasteiger partial charge in [0, 0.05) is 20.8 Å². The normalized spacial score (nSPS) is 13.0. The Kier molecular flexibility index (Phi) is 5.97. The summed E-state index contributed by atoms with van der Waals surface area (Å²) in [6.07, 6.45) is 2.52. The van der Waals surface area contributed by atoms with E-state index in [2.05, 4.69) is 21.0 Å². The molecule has 2 N–H and O–H groups in total. The van der Waals surface area contributed by atoms with Gasteiger partial charge in [0.05, 0.1) is 35.6 Å². The van der Waals surface area contributed by atoms with Gasteiger partial charge in [-0.05, 0) is 22.4 Å². The number of methoxy groups -OCH3 is 1. The largest absolute Gasteiger partial charge is 0.382 e. The minimum Gasteiger partial charge on any atom is -0.382 e. The van der Waals surface area contributed by atoms with E-state index in [9.17, 15) is 0 Å². The third kappa shape index (κ3) is 3.86. The Labute approximate surface area is 104 Å². The third-order valence-corrected chi connectivity index (χ3v) is 2.90. The number of ether oxygens (including phenoxy) is 2. The van der Waals surface area contributed by atoms with Crippen molar-refractivity contribution >= 4 is 15.9 Å². The molecule has 0 amide bonds. The van der Waals surface area contributed by atoms with Crippen LogP contribution in [0.3, 0.4) is 0 Å². The van der Waals surface area contributed by atoms with E-state index in [4.69, 9.17) is 15.2 Å². The summed E-state index contributed by atoms with van der Waals surface area (Å²) >= 11 is 3.43. The number of hydrogen-bond acceptors (Lipinski definition) is 4. The first kappa shape index (κ1) is 13.6. The SMILES string of the molecule is COCCOCCC(N)c1c(Br)cnn1C. The van der Waals surface area contributed by atoms with Crippen molar-refractivity contribution in [1.29, 1.82) is 0 Å². The molecule has 16 heavy (non-hydrogen) atoms. The highest BCUT2D eigenvalue weighted by Gasteiger charge is 2.14. The average molecular weight is 292 g/mol. The lowest BCUT2D eigenvalue weighted by molar-refractivity contribution is 0.0669. The van der Waals surface area contributed by atoms with Gasteiger partial charge in [0.1, 0.15) is 0 Å². The molecular weight excluding hydrogens is 274 g/mol. The first-order valence-corrected chi connectivity index (χ1v) is 5.95. The second-order valence-electron chi connectivity index (χ2n) is 3.50. The summed E-state index contributed by atoms with van der Waals surface area (Å²) in [4.78, 5) is 0. The average Bonchev–Trinajstić information content (AvgIpc) is 2.58. The molecule has 6 heteroatoms. The van der Waals surface area contributed by atoms with Crippen molar-refractivity contribution in [2.45, 2.75) is 12.5 Å². The molecule has 1 rings (SSSR count). The van der Waals surface area contributed by atoms with E-state index in [1.807, 2.05) is 7.05 Å². The summed E-state index contributed by atoms with van der Waals surface area (Å²) < 4.78 is 13.0. The zero-order valence-corrected chi connectivity index (χ0v) is 11.2. The summed E-state index contributed by atoms with van der Waals surface area (Å²) in [5.41, 5.74) is 7.05. The van der Waals surface area contributed by atoms with E-state index in [1.54, 1.807) is 18.0 Å². The molecule has 0 saturated heterocycles. The van der Waals surface area contributed by atoms with Gasteiger partial charge >= 0.3 is 0 Å². The van der Waals surface area contributed by atoms with E-state index in [0.29, 0.717) is 19.8 Å². The lowest BCUT2D eigenvalue weighted by Crippen LogP contribution is -2.17. The molecule has 0 spiro atoms. The van der Waals surface area contributed by atoms with Crippen LogP contribution in [0.4, 0.5) is 0 Å². The van der Waals surface area contributed by atoms with Crippen LogP contribution in [-0.2, 0) is 16.5 Å². The topological polar surface area (TPSA) is 62.3 Å². The summed E-state index contributed by atoms with van der Waals surface area (Å²) in [5.74, 6) is 0. The number of nitrogens with zero attached hydrogens (tertiary/aromatic N) is 2. The Bertz CT molecular complexity index is 298. The van der Waals surface area contributed by atoms with Gasteiger partial charge in [-0.1, -0.05) is 0 Å². The van der Waals surface area contributed by atoms with Crippen LogP contribution >= 0.6 is 15.9 Å². The molecule has 0 aromatic carbocycles. The van der Waals surface area contributed by atoms with Crippen molar-refractivity contribution in [2.24, 2.45) is 12.8 Å². The van der Waals surface area contributed by atoms with Crippen molar-refractivity contribution in [1.82, 2.24) is 9.78 Å². The molecular formula is C10H18BrN3O2. The first-order valence-electron chi connectivity index (χ1n) is 5.16. The molecule has 1 aromatic heterocycles. The smallest absolute Gasteiger partial charge is 0.0700 e. The van der Waals surface area contributed by atoms with E-state index < -0.39 is 0 Å². The summed E-state index contributed by atoms with van der Waals surface area (Å²) in [6.45, 7) is 1.85. The number of rotatable bonds is 7. The fraction of sp³-hybridized carbons (Fsp3) is 0.700. The molecule has 0 bridgehead atoms. The molecule has 0 aliphatic rings. The van der Waals surface area contributed by atoms with Crippen molar-refractivity contribution in [3.63, 3.8) is 0 Å². The number of aryl methyl sites for hydroxylation is 1. The Morgan fingerprint density at radius 3 is 2.81 bits per heavy atom. The zero-order valence-electron chi connectivity index (χ0n) is 9.65. The first-order chi connectivity index (χ1) is 7.66. The fourth-order valence-electron chi connectivity index (χ4n) is 1.43. The zero-order chi connectivity index (χ0) is 12.0. The molecule has 0 aliphatic heterocycles. The highest BCUT2D eigenvalue weighted by atomic mass is 79.9. The fourth-order valence-corrected chi connectivity index (χ4v) is 2.07. The van der Waals surface area contributed by atoms with Gasteiger partial charge in [-0.15, -0.1) is 0 Å². The quantitative estimate of drug-likeness (QED) is 0.768. The van der Waals surface area contributed by atoms with Crippen LogP contribution in [0.25, 0.3) is 0 Å². The van der Waals surface area contributed by atoms with E-state index in [0.717, 1.165) is 16.6 Å². The van der Waals surface area contributed by atoms with E-state index >= 15 is 0 Å². The second-order valence-corrected chi connectivity index (χ2v) is 4.36. The highest BCUT2D eigenvalue weighted by Crippen LogP contribution is 2.22. The predicted octanol–water partition coefficient (Wildman–Crippen LogP) is 1.24. The Morgan fingerprint density at radius 1 is 1.50 bits per heavy atom. The van der Waals surface area contributed by atoms with Crippen molar-refractivity contribution < 1.29 is 9.47 Å². The van der Waals surface area contributed by atoms with E-state index in [-0.39, 0.29) is 6.04 Å². The molecule has 0 aliphatic carbocycles. The van der Waals surface area contributed by atoms with Crippen LogP contribution in [-0.4, -0.2) is 36.7 Å². The molecule has 1 atom stereocenters. The minimum atomic E-state index is -0.0654. The molecule has 0 radical (unpaired) electrons. The van der Waals surface area contributed by atoms with Gasteiger partial charge in [0.25, 0.3) is 0 Å². The maximum Gasteiger partial charge on any atom is 0.0700 e. The lowest BCUT2D eigenvalue weighted by Gasteiger charge is -2.13. The van der Waals surface area contributed by atoms with Crippen LogP contribution in [0.2, 0.25) is 0 Å². The Morgan fingerprint density at radius 2 is 2.25 bits per heavy atom. The molecule has 1 heterocycles. The maximum absolute atomic E-state index is 6.05. The molecule has 92 valence electrons. The molecule has 1 aromatic rings. The Hall–Kier alpha value is -0.430. The van der Waals surface area contributed by atoms with Crippen LogP contribution < -0.4 is 5.73 Å². The van der Waals surface area contributed by atoms with Crippen LogP contribution in [0.15, 0.2) is 10.7 Å². The monoisotopic (exact) mass is 291 g/mol. The molecule has 1 unspecified atom stereocenters. The van der Waals surface area contributed by atoms with Crippen LogP contribution in [0, 0.1) is 0 Å². The van der Waals surface area contributed by atoms with Crippen molar-refractivity contribution in [3.8, 4) is 0 Å². The van der Waals surface area contributed by atoms with Gasteiger partial charge in [-0.2, -0.15) is 5.10 Å². The summed E-state index contributed by atoms with van der Waals surface area (Å²) in [7, 11) is 3.54. The van der Waals surface area contributed by atoms with E-state index in [1.165, 1.54) is 0 Å². The number of aromatic nitrogens is 2. The van der Waals surface area contributed by atoms with Crippen molar-refractivity contribution in [3.05, 3.63) is 16.4 Å². The highest BCUT2D eigenvalue weighted by molar-refractivity contribution is 9.10. The van der Waals surface area contributed by atoms with Gasteiger partial charge < -0.3 is 15.2 Å². The van der Waals surface area contributed by atoms with Gasteiger partial charge in [0.2, 0.25) is 0 Å². The van der Waals surface area contributed by atoms with Gasteiger partial charge in [-0.3, -0.25) is 4.68 Å². The molecule has 5 nitrogen and oxygen atoms in total. The predicted molar refractivity (Wildman–Crippen MR) is 65.1 cm³/mol. The number of halogens is 1. The number of hydrogen-bond donors (Lipinski definition) is 1. The maximum atomic E-state index is 6.05. The number of nitrogens with two attached hydrogens (primary N) is 1.